The molecule has 3 aromatic heterocycles. The van der Waals surface area contributed by atoms with Gasteiger partial charge < -0.3 is 5.32 Å². The predicted molar refractivity (Wildman–Crippen MR) is 101 cm³/mol. The molecule has 1 aromatic carbocycles. The smallest absolute Gasteiger partial charge is 0.123 e. The van der Waals surface area contributed by atoms with Gasteiger partial charge in [0.2, 0.25) is 0 Å². The van der Waals surface area contributed by atoms with Gasteiger partial charge in [0.1, 0.15) is 10.7 Å². The van der Waals surface area contributed by atoms with Crippen molar-refractivity contribution in [3.63, 3.8) is 0 Å². The lowest BCUT2D eigenvalue weighted by molar-refractivity contribution is 0.982. The predicted octanol–water partition coefficient (Wildman–Crippen LogP) is 4.52. The van der Waals surface area contributed by atoms with E-state index in [4.69, 9.17) is 0 Å². The first-order valence-electron chi connectivity index (χ1n) is 8.00. The maximum atomic E-state index is 4.51. The summed E-state index contributed by atoms with van der Waals surface area (Å²) in [5.41, 5.74) is 6.00. The van der Waals surface area contributed by atoms with Gasteiger partial charge in [0.15, 0.2) is 0 Å². The molecule has 0 radical (unpaired) electrons. The summed E-state index contributed by atoms with van der Waals surface area (Å²) >= 11 is 1.67. The largest absolute Gasteiger partial charge is 0.379 e. The van der Waals surface area contributed by atoms with Crippen LogP contribution in [0.3, 0.4) is 0 Å². The van der Waals surface area contributed by atoms with Crippen LogP contribution in [0.2, 0.25) is 0 Å². The molecule has 5 nitrogen and oxygen atoms in total. The van der Waals surface area contributed by atoms with Crippen LogP contribution in [0.15, 0.2) is 60.1 Å². The molecule has 0 unspecified atom stereocenters. The van der Waals surface area contributed by atoms with Gasteiger partial charge in [-0.25, -0.2) is 4.98 Å². The zero-order chi connectivity index (χ0) is 17.1. The number of hydrogen-bond acceptors (Lipinski definition) is 5. The van der Waals surface area contributed by atoms with Crippen LogP contribution in [-0.4, -0.2) is 20.2 Å². The summed E-state index contributed by atoms with van der Waals surface area (Å²) < 4.78 is 0. The van der Waals surface area contributed by atoms with Crippen molar-refractivity contribution in [1.29, 1.82) is 0 Å². The number of nitrogens with one attached hydrogen (secondary N) is 2. The van der Waals surface area contributed by atoms with Crippen molar-refractivity contribution in [2.24, 2.45) is 0 Å². The van der Waals surface area contributed by atoms with Crippen molar-refractivity contribution in [1.82, 2.24) is 20.2 Å². The van der Waals surface area contributed by atoms with Crippen LogP contribution >= 0.6 is 11.3 Å². The van der Waals surface area contributed by atoms with Gasteiger partial charge in [-0.2, -0.15) is 5.10 Å². The normalized spacial score (nSPS) is 10.8. The van der Waals surface area contributed by atoms with E-state index in [1.165, 1.54) is 0 Å². The van der Waals surface area contributed by atoms with E-state index in [1.807, 2.05) is 31.2 Å². The monoisotopic (exact) mass is 347 g/mol. The molecule has 4 rings (SSSR count). The number of H-pyrrole nitrogens is 1. The fourth-order valence-corrected chi connectivity index (χ4v) is 3.32. The van der Waals surface area contributed by atoms with Crippen LogP contribution in [0.5, 0.6) is 0 Å². The van der Waals surface area contributed by atoms with E-state index >= 15 is 0 Å². The number of aryl methyl sites for hydroxylation is 1. The summed E-state index contributed by atoms with van der Waals surface area (Å²) in [5.74, 6) is 0. The molecule has 0 saturated heterocycles. The average Bonchev–Trinajstić information content (AvgIpc) is 3.30. The highest BCUT2D eigenvalue weighted by molar-refractivity contribution is 7.13. The number of anilines is 1. The second-order valence-electron chi connectivity index (χ2n) is 5.72. The van der Waals surface area contributed by atoms with E-state index in [-0.39, 0.29) is 0 Å². The van der Waals surface area contributed by atoms with Gasteiger partial charge >= 0.3 is 0 Å². The highest BCUT2D eigenvalue weighted by atomic mass is 32.1. The third-order valence-electron chi connectivity index (χ3n) is 3.79. The SMILES string of the molecule is Cc1csc(-c2ccc(NCc3cc(-c4ccccn4)n[nH]3)cc2)n1. The number of benzene rings is 1. The Morgan fingerprint density at radius 3 is 2.68 bits per heavy atom. The number of thiazole rings is 1. The van der Waals surface area contributed by atoms with Gasteiger partial charge in [0.25, 0.3) is 0 Å². The third kappa shape index (κ3) is 3.59. The van der Waals surface area contributed by atoms with Crippen molar-refractivity contribution in [3.8, 4) is 22.0 Å². The summed E-state index contributed by atoms with van der Waals surface area (Å²) in [5, 5.41) is 13.9. The molecule has 0 saturated carbocycles. The fraction of sp³-hybridized carbons (Fsp3) is 0.105. The maximum Gasteiger partial charge on any atom is 0.123 e. The van der Waals surface area contributed by atoms with Crippen LogP contribution < -0.4 is 5.32 Å². The van der Waals surface area contributed by atoms with E-state index in [9.17, 15) is 0 Å². The maximum absolute atomic E-state index is 4.51. The topological polar surface area (TPSA) is 66.5 Å². The quantitative estimate of drug-likeness (QED) is 0.557. The Kier molecular flexibility index (Phi) is 4.26. The van der Waals surface area contributed by atoms with Crippen molar-refractivity contribution in [3.05, 3.63) is 71.5 Å². The van der Waals surface area contributed by atoms with E-state index in [0.29, 0.717) is 6.54 Å². The van der Waals surface area contributed by atoms with Crippen molar-refractivity contribution in [2.75, 3.05) is 5.32 Å². The second kappa shape index (κ2) is 6.86. The number of pyridine rings is 1. The lowest BCUT2D eigenvalue weighted by atomic mass is 10.2. The van der Waals surface area contributed by atoms with Gasteiger partial charge in [-0.3, -0.25) is 10.1 Å². The standard InChI is InChI=1S/C19H17N5S/c1-13-12-25-19(22-13)14-5-7-15(8-6-14)21-11-16-10-18(24-23-16)17-4-2-3-9-20-17/h2-10,12,21H,11H2,1H3,(H,23,24). The summed E-state index contributed by atoms with van der Waals surface area (Å²) in [6.45, 7) is 2.69. The minimum absolute atomic E-state index is 0.676. The Morgan fingerprint density at radius 1 is 1.08 bits per heavy atom. The van der Waals surface area contributed by atoms with E-state index < -0.39 is 0 Å². The van der Waals surface area contributed by atoms with Gasteiger partial charge in [-0.1, -0.05) is 6.07 Å². The first-order valence-corrected chi connectivity index (χ1v) is 8.88. The molecular formula is C19H17N5S. The highest BCUT2D eigenvalue weighted by Crippen LogP contribution is 2.25. The van der Waals surface area contributed by atoms with Crippen LogP contribution in [0, 0.1) is 6.92 Å². The lowest BCUT2D eigenvalue weighted by Gasteiger charge is -2.05. The molecule has 25 heavy (non-hydrogen) atoms. The number of nitrogens with zero attached hydrogens (tertiary/aromatic N) is 3. The van der Waals surface area contributed by atoms with Crippen LogP contribution in [0.4, 0.5) is 5.69 Å². The van der Waals surface area contributed by atoms with Crippen LogP contribution in [-0.2, 0) is 6.54 Å². The molecule has 3 heterocycles. The van der Waals surface area contributed by atoms with Crippen molar-refractivity contribution in [2.45, 2.75) is 13.5 Å². The molecule has 0 aliphatic carbocycles. The Bertz CT molecular complexity index is 957. The molecule has 6 heteroatoms. The molecule has 0 atom stereocenters. The molecule has 0 spiro atoms. The molecule has 124 valence electrons. The Balaban J connectivity index is 1.41. The first-order chi connectivity index (χ1) is 12.3. The Labute approximate surface area is 149 Å². The summed E-state index contributed by atoms with van der Waals surface area (Å²) in [4.78, 5) is 8.83. The summed E-state index contributed by atoms with van der Waals surface area (Å²) in [7, 11) is 0. The summed E-state index contributed by atoms with van der Waals surface area (Å²) in [6, 6.07) is 16.1. The number of rotatable bonds is 5. The molecule has 4 aromatic rings. The molecule has 0 amide bonds. The molecule has 0 fully saturated rings. The number of hydrogen-bond donors (Lipinski definition) is 2. The molecule has 2 N–H and O–H groups in total. The minimum atomic E-state index is 0.676. The van der Waals surface area contributed by atoms with Gasteiger partial charge in [0, 0.05) is 28.5 Å². The summed E-state index contributed by atoms with van der Waals surface area (Å²) in [6.07, 6.45) is 1.77. The van der Waals surface area contributed by atoms with Crippen molar-refractivity contribution < 1.29 is 0 Å². The van der Waals surface area contributed by atoms with Gasteiger partial charge in [-0.15, -0.1) is 11.3 Å². The molecule has 0 bridgehead atoms. The third-order valence-corrected chi connectivity index (χ3v) is 4.80. The Morgan fingerprint density at radius 2 is 1.96 bits per heavy atom. The minimum Gasteiger partial charge on any atom is -0.379 e. The zero-order valence-corrected chi connectivity index (χ0v) is 14.5. The van der Waals surface area contributed by atoms with Crippen molar-refractivity contribution >= 4 is 17.0 Å². The van der Waals surface area contributed by atoms with Gasteiger partial charge in [0.05, 0.1) is 17.9 Å². The molecular weight excluding hydrogens is 330 g/mol. The zero-order valence-electron chi connectivity index (χ0n) is 13.7. The van der Waals surface area contributed by atoms with E-state index in [1.54, 1.807) is 17.5 Å². The molecule has 0 aliphatic heterocycles. The van der Waals surface area contributed by atoms with Crippen LogP contribution in [0.1, 0.15) is 11.4 Å². The van der Waals surface area contributed by atoms with Crippen LogP contribution in [0.25, 0.3) is 22.0 Å². The Hall–Kier alpha value is -2.99. The van der Waals surface area contributed by atoms with Gasteiger partial charge in [-0.05, 0) is 49.4 Å². The number of aromatic nitrogens is 4. The highest BCUT2D eigenvalue weighted by Gasteiger charge is 2.05. The lowest BCUT2D eigenvalue weighted by Crippen LogP contribution is -1.99. The first kappa shape index (κ1) is 15.5. The fourth-order valence-electron chi connectivity index (χ4n) is 2.51. The van der Waals surface area contributed by atoms with E-state index in [2.05, 4.69) is 55.1 Å². The molecule has 0 aliphatic rings. The van der Waals surface area contributed by atoms with E-state index in [0.717, 1.165) is 39.0 Å². The average molecular weight is 347 g/mol. The number of aromatic amines is 1. The second-order valence-corrected chi connectivity index (χ2v) is 6.58.